The second-order valence-electron chi connectivity index (χ2n) is 3.75. The van der Waals surface area contributed by atoms with E-state index in [1.807, 2.05) is 0 Å². The average molecular weight is 244 g/mol. The van der Waals surface area contributed by atoms with E-state index < -0.39 is 18.4 Å². The van der Waals surface area contributed by atoms with Gasteiger partial charge in [-0.05, 0) is 0 Å². The van der Waals surface area contributed by atoms with Gasteiger partial charge >= 0.3 is 66.9 Å². The molecule has 0 atom stereocenters. The van der Waals surface area contributed by atoms with Crippen molar-refractivity contribution in [3.63, 3.8) is 0 Å². The van der Waals surface area contributed by atoms with Gasteiger partial charge in [0.15, 0.2) is 0 Å². The van der Waals surface area contributed by atoms with E-state index in [1.54, 1.807) is 3.71 Å². The van der Waals surface area contributed by atoms with Crippen LogP contribution < -0.4 is 3.71 Å². The number of aromatic nitrogens is 1. The van der Waals surface area contributed by atoms with Crippen LogP contribution in [0.3, 0.4) is 0 Å². The van der Waals surface area contributed by atoms with Crippen LogP contribution in [0.5, 0.6) is 0 Å². The van der Waals surface area contributed by atoms with Crippen LogP contribution in [0.1, 0.15) is 0 Å². The minimum atomic E-state index is -1.75. The fourth-order valence-corrected chi connectivity index (χ4v) is 6.17. The molecule has 0 saturated carbocycles. The summed E-state index contributed by atoms with van der Waals surface area (Å²) < 4.78 is 3.85. The van der Waals surface area contributed by atoms with Crippen LogP contribution in [0.4, 0.5) is 0 Å². The van der Waals surface area contributed by atoms with E-state index in [1.165, 1.54) is 0 Å². The van der Waals surface area contributed by atoms with Gasteiger partial charge in [-0.3, -0.25) is 0 Å². The SMILES string of the molecule is Cn1ccc[c]1[Sn]([CH3])([CH3])[CH3]. The molecule has 0 saturated heterocycles. The fraction of sp³-hybridized carbons (Fsp3) is 0.500. The molecule has 1 heterocycles. The van der Waals surface area contributed by atoms with Gasteiger partial charge in [0.05, 0.1) is 0 Å². The van der Waals surface area contributed by atoms with Gasteiger partial charge in [0.1, 0.15) is 0 Å². The molecule has 0 spiro atoms. The Labute approximate surface area is 66.9 Å². The Hall–Kier alpha value is 0.0787. The van der Waals surface area contributed by atoms with Crippen LogP contribution in [0, 0.1) is 0 Å². The van der Waals surface area contributed by atoms with Crippen LogP contribution in [-0.4, -0.2) is 22.9 Å². The van der Waals surface area contributed by atoms with Crippen molar-refractivity contribution in [3.05, 3.63) is 18.3 Å². The van der Waals surface area contributed by atoms with E-state index in [2.05, 4.69) is 44.8 Å². The van der Waals surface area contributed by atoms with Crippen molar-refractivity contribution in [3.8, 4) is 0 Å². The molecular formula is C8H15NSn. The van der Waals surface area contributed by atoms with E-state index in [0.29, 0.717) is 0 Å². The zero-order chi connectivity index (χ0) is 7.78. The van der Waals surface area contributed by atoms with E-state index >= 15 is 0 Å². The molecule has 2 heteroatoms. The normalized spacial score (nSPS) is 12.0. The monoisotopic (exact) mass is 245 g/mol. The number of hydrogen-bond acceptors (Lipinski definition) is 0. The zero-order valence-corrected chi connectivity index (χ0v) is 10.0. The minimum absolute atomic E-state index is 1.59. The first kappa shape index (κ1) is 8.18. The van der Waals surface area contributed by atoms with Gasteiger partial charge in [-0.2, -0.15) is 0 Å². The van der Waals surface area contributed by atoms with Gasteiger partial charge < -0.3 is 0 Å². The zero-order valence-electron chi connectivity index (χ0n) is 7.18. The molecule has 0 bridgehead atoms. The molecule has 0 amide bonds. The summed E-state index contributed by atoms with van der Waals surface area (Å²) in [7, 11) is 2.14. The van der Waals surface area contributed by atoms with Crippen molar-refractivity contribution < 1.29 is 0 Å². The fourth-order valence-electron chi connectivity index (χ4n) is 1.24. The molecule has 1 aromatic rings. The Balaban J connectivity index is 3.05. The summed E-state index contributed by atoms with van der Waals surface area (Å²) >= 11 is -1.75. The van der Waals surface area contributed by atoms with Crippen molar-refractivity contribution in [2.75, 3.05) is 0 Å². The van der Waals surface area contributed by atoms with Crippen LogP contribution in [0.25, 0.3) is 0 Å². The second-order valence-corrected chi connectivity index (χ2v) is 18.1. The molecule has 0 N–H and O–H groups in total. The number of hydrogen-bond donors (Lipinski definition) is 0. The van der Waals surface area contributed by atoms with Gasteiger partial charge in [-0.1, -0.05) is 0 Å². The Bertz CT molecular complexity index is 219. The number of rotatable bonds is 1. The van der Waals surface area contributed by atoms with Crippen LogP contribution in [-0.2, 0) is 7.05 Å². The van der Waals surface area contributed by atoms with E-state index in [0.717, 1.165) is 0 Å². The maximum atomic E-state index is 2.43. The molecular weight excluding hydrogens is 229 g/mol. The summed E-state index contributed by atoms with van der Waals surface area (Å²) in [6, 6.07) is 4.40. The topological polar surface area (TPSA) is 4.93 Å². The Morgan fingerprint density at radius 3 is 2.10 bits per heavy atom. The first-order valence-corrected chi connectivity index (χ1v) is 13.6. The summed E-state index contributed by atoms with van der Waals surface area (Å²) in [5, 5.41) is 0. The van der Waals surface area contributed by atoms with E-state index in [4.69, 9.17) is 0 Å². The molecule has 1 rings (SSSR count). The first-order chi connectivity index (χ1) is 4.52. The van der Waals surface area contributed by atoms with Crippen molar-refractivity contribution in [1.82, 2.24) is 4.57 Å². The summed E-state index contributed by atoms with van der Waals surface area (Å²) in [5.41, 5.74) is 0. The predicted octanol–water partition coefficient (Wildman–Crippen LogP) is 1.57. The molecule has 10 heavy (non-hydrogen) atoms. The van der Waals surface area contributed by atoms with Gasteiger partial charge in [0, 0.05) is 0 Å². The number of aryl methyl sites for hydroxylation is 1. The Morgan fingerprint density at radius 2 is 1.90 bits per heavy atom. The van der Waals surface area contributed by atoms with Gasteiger partial charge in [0.25, 0.3) is 0 Å². The molecule has 56 valence electrons. The molecule has 0 radical (unpaired) electrons. The molecule has 0 aliphatic carbocycles. The summed E-state index contributed by atoms with van der Waals surface area (Å²) in [6.07, 6.45) is 2.14. The third kappa shape index (κ3) is 1.57. The first-order valence-electron chi connectivity index (χ1n) is 3.63. The standard InChI is InChI=1S/C5H6N.3CH3.Sn/c1-6-4-2-3-5-6;;;;/h2-4H,1H3;3*1H3;. The number of nitrogens with zero attached hydrogens (tertiary/aromatic N) is 1. The van der Waals surface area contributed by atoms with Crippen LogP contribution in [0.15, 0.2) is 18.3 Å². The van der Waals surface area contributed by atoms with Gasteiger partial charge in [-0.25, -0.2) is 0 Å². The molecule has 0 aliphatic rings. The maximum absolute atomic E-state index is 2.43. The van der Waals surface area contributed by atoms with Crippen LogP contribution >= 0.6 is 0 Å². The molecule has 1 aromatic heterocycles. The van der Waals surface area contributed by atoms with Gasteiger partial charge in [0.2, 0.25) is 0 Å². The van der Waals surface area contributed by atoms with E-state index in [-0.39, 0.29) is 0 Å². The average Bonchev–Trinajstić information content (AvgIpc) is 2.11. The van der Waals surface area contributed by atoms with E-state index in [9.17, 15) is 0 Å². The van der Waals surface area contributed by atoms with Crippen molar-refractivity contribution >= 4 is 22.1 Å². The van der Waals surface area contributed by atoms with Crippen molar-refractivity contribution in [2.45, 2.75) is 14.8 Å². The van der Waals surface area contributed by atoms with Crippen molar-refractivity contribution in [1.29, 1.82) is 0 Å². The Morgan fingerprint density at radius 1 is 1.30 bits per heavy atom. The summed E-state index contributed by atoms with van der Waals surface area (Å²) in [5.74, 6) is 0. The molecule has 0 fully saturated rings. The van der Waals surface area contributed by atoms with Crippen molar-refractivity contribution in [2.24, 2.45) is 7.05 Å². The molecule has 0 aliphatic heterocycles. The third-order valence-electron chi connectivity index (χ3n) is 1.71. The molecule has 0 aromatic carbocycles. The molecule has 1 nitrogen and oxygen atoms in total. The molecule has 0 unspecified atom stereocenters. The summed E-state index contributed by atoms with van der Waals surface area (Å²) in [4.78, 5) is 7.30. The predicted molar refractivity (Wildman–Crippen MR) is 48.4 cm³/mol. The van der Waals surface area contributed by atoms with Crippen LogP contribution in [0.2, 0.25) is 14.8 Å². The quantitative estimate of drug-likeness (QED) is 0.660. The summed E-state index contributed by atoms with van der Waals surface area (Å²) in [6.45, 7) is 0. The van der Waals surface area contributed by atoms with Gasteiger partial charge in [-0.15, -0.1) is 0 Å². The Kier molecular flexibility index (Phi) is 2.13. The second kappa shape index (κ2) is 2.61. The third-order valence-corrected chi connectivity index (χ3v) is 7.58.